The zero-order chi connectivity index (χ0) is 21.8. The molecule has 1 heterocycles. The van der Waals surface area contributed by atoms with E-state index in [1.54, 1.807) is 6.08 Å². The van der Waals surface area contributed by atoms with Crippen molar-refractivity contribution in [3.63, 3.8) is 0 Å². The van der Waals surface area contributed by atoms with Gasteiger partial charge in [0.05, 0.1) is 6.54 Å². The molecule has 0 saturated carbocycles. The number of ether oxygens (including phenoxy) is 1. The summed E-state index contributed by atoms with van der Waals surface area (Å²) in [5, 5.41) is 2.68. The molecule has 0 aromatic heterocycles. The van der Waals surface area contributed by atoms with Crippen LogP contribution in [0.3, 0.4) is 0 Å². The van der Waals surface area contributed by atoms with E-state index < -0.39 is 6.03 Å². The molecule has 5 nitrogen and oxygen atoms in total. The maximum atomic E-state index is 12.8. The van der Waals surface area contributed by atoms with Gasteiger partial charge >= 0.3 is 6.03 Å². The number of hydrogen-bond acceptors (Lipinski definition) is 3. The van der Waals surface area contributed by atoms with E-state index in [1.165, 1.54) is 10.5 Å². The Bertz CT molecular complexity index is 1130. The molecular formula is C26H24N2O3. The molecule has 0 aliphatic carbocycles. The van der Waals surface area contributed by atoms with Gasteiger partial charge < -0.3 is 10.1 Å². The van der Waals surface area contributed by atoms with Gasteiger partial charge in [-0.05, 0) is 37.1 Å². The average molecular weight is 412 g/mol. The number of nitrogens with zero attached hydrogens (tertiary/aromatic N) is 1. The smallest absolute Gasteiger partial charge is 0.329 e. The van der Waals surface area contributed by atoms with Crippen LogP contribution in [0.1, 0.15) is 27.8 Å². The molecule has 1 aliphatic rings. The third-order valence-corrected chi connectivity index (χ3v) is 5.16. The molecule has 1 N–H and O–H groups in total. The summed E-state index contributed by atoms with van der Waals surface area (Å²) in [7, 11) is 0. The zero-order valence-electron chi connectivity index (χ0n) is 17.6. The minimum Gasteiger partial charge on any atom is -0.488 e. The SMILES string of the molecule is Cc1ccc(COc2ccccc2/C=C2/NC(=O)N(Cc3ccc(C)cc3)C2=O)cc1. The fourth-order valence-electron chi connectivity index (χ4n) is 3.32. The number of urea groups is 1. The first kappa shape index (κ1) is 20.4. The van der Waals surface area contributed by atoms with Gasteiger partial charge in [-0.3, -0.25) is 9.69 Å². The molecule has 0 atom stereocenters. The number of hydrogen-bond donors (Lipinski definition) is 1. The zero-order valence-corrected chi connectivity index (χ0v) is 17.6. The molecule has 156 valence electrons. The van der Waals surface area contributed by atoms with Crippen LogP contribution in [0, 0.1) is 13.8 Å². The lowest BCUT2D eigenvalue weighted by atomic mass is 10.1. The predicted octanol–water partition coefficient (Wildman–Crippen LogP) is 4.98. The number of carbonyl (C=O) groups excluding carboxylic acids is 2. The molecule has 0 bridgehead atoms. The Hall–Kier alpha value is -3.86. The van der Waals surface area contributed by atoms with Crippen LogP contribution in [0.5, 0.6) is 5.75 Å². The molecular weight excluding hydrogens is 388 g/mol. The highest BCUT2D eigenvalue weighted by atomic mass is 16.5. The molecule has 3 amide bonds. The topological polar surface area (TPSA) is 58.6 Å². The Morgan fingerprint density at radius 2 is 1.45 bits per heavy atom. The number of nitrogens with one attached hydrogen (secondary N) is 1. The quantitative estimate of drug-likeness (QED) is 0.459. The predicted molar refractivity (Wildman–Crippen MR) is 120 cm³/mol. The van der Waals surface area contributed by atoms with E-state index >= 15 is 0 Å². The van der Waals surface area contributed by atoms with Crippen LogP contribution in [0.15, 0.2) is 78.5 Å². The van der Waals surface area contributed by atoms with Gasteiger partial charge in [0.25, 0.3) is 5.91 Å². The molecule has 1 aliphatic heterocycles. The Morgan fingerprint density at radius 3 is 2.13 bits per heavy atom. The lowest BCUT2D eigenvalue weighted by molar-refractivity contribution is -0.123. The minimum atomic E-state index is -0.421. The first-order valence-corrected chi connectivity index (χ1v) is 10.2. The lowest BCUT2D eigenvalue weighted by Crippen LogP contribution is -2.30. The molecule has 0 unspecified atom stereocenters. The van der Waals surface area contributed by atoms with Crippen molar-refractivity contribution in [3.8, 4) is 5.75 Å². The van der Waals surface area contributed by atoms with Crippen molar-refractivity contribution >= 4 is 18.0 Å². The van der Waals surface area contributed by atoms with Gasteiger partial charge in [-0.15, -0.1) is 0 Å². The van der Waals surface area contributed by atoms with Crippen molar-refractivity contribution in [1.29, 1.82) is 0 Å². The first-order valence-electron chi connectivity index (χ1n) is 10.2. The largest absolute Gasteiger partial charge is 0.488 e. The number of carbonyl (C=O) groups is 2. The number of benzene rings is 3. The Kier molecular flexibility index (Phi) is 5.85. The van der Waals surface area contributed by atoms with Crippen LogP contribution < -0.4 is 10.1 Å². The normalized spacial score (nSPS) is 14.8. The second-order valence-electron chi connectivity index (χ2n) is 7.68. The molecule has 1 saturated heterocycles. The van der Waals surface area contributed by atoms with Gasteiger partial charge in [0.2, 0.25) is 0 Å². The van der Waals surface area contributed by atoms with Crippen LogP contribution in [0.25, 0.3) is 6.08 Å². The molecule has 0 spiro atoms. The number of imide groups is 1. The Labute approximate surface area is 182 Å². The van der Waals surface area contributed by atoms with Crippen LogP contribution in [0.2, 0.25) is 0 Å². The maximum absolute atomic E-state index is 12.8. The van der Waals surface area contributed by atoms with E-state index in [1.807, 2.05) is 86.6 Å². The van der Waals surface area contributed by atoms with E-state index in [2.05, 4.69) is 5.32 Å². The van der Waals surface area contributed by atoms with Crippen molar-refractivity contribution in [2.24, 2.45) is 0 Å². The second kappa shape index (κ2) is 8.88. The summed E-state index contributed by atoms with van der Waals surface area (Å²) in [5.41, 5.74) is 5.25. The van der Waals surface area contributed by atoms with Crippen LogP contribution in [-0.4, -0.2) is 16.8 Å². The standard InChI is InChI=1S/C26H24N2O3/c1-18-7-11-20(12-8-18)16-28-25(29)23(27-26(28)30)15-22-5-3-4-6-24(22)31-17-21-13-9-19(2)10-14-21/h3-15H,16-17H2,1-2H3,(H,27,30)/b23-15+. The molecule has 1 fully saturated rings. The minimum absolute atomic E-state index is 0.230. The van der Waals surface area contributed by atoms with Crippen molar-refractivity contribution in [1.82, 2.24) is 10.2 Å². The molecule has 4 rings (SSSR count). The number of amides is 3. The van der Waals surface area contributed by atoms with E-state index in [0.29, 0.717) is 12.4 Å². The van der Waals surface area contributed by atoms with Crippen molar-refractivity contribution < 1.29 is 14.3 Å². The van der Waals surface area contributed by atoms with Crippen molar-refractivity contribution in [2.75, 3.05) is 0 Å². The Balaban J connectivity index is 1.50. The van der Waals surface area contributed by atoms with E-state index in [9.17, 15) is 9.59 Å². The third-order valence-electron chi connectivity index (χ3n) is 5.16. The van der Waals surface area contributed by atoms with E-state index in [0.717, 1.165) is 22.3 Å². The summed E-state index contributed by atoms with van der Waals surface area (Å²) in [6.45, 7) is 4.69. The summed E-state index contributed by atoms with van der Waals surface area (Å²) in [6, 6.07) is 23.0. The third kappa shape index (κ3) is 4.83. The highest BCUT2D eigenvalue weighted by molar-refractivity contribution is 6.14. The van der Waals surface area contributed by atoms with Crippen molar-refractivity contribution in [2.45, 2.75) is 27.0 Å². The lowest BCUT2D eigenvalue weighted by Gasteiger charge is -2.12. The molecule has 3 aromatic carbocycles. The van der Waals surface area contributed by atoms with Crippen LogP contribution in [0.4, 0.5) is 4.79 Å². The summed E-state index contributed by atoms with van der Waals surface area (Å²) in [5.74, 6) is 0.300. The number of aryl methyl sites for hydroxylation is 2. The van der Waals surface area contributed by atoms with Gasteiger partial charge in [0.1, 0.15) is 18.1 Å². The molecule has 5 heteroatoms. The second-order valence-corrected chi connectivity index (χ2v) is 7.68. The summed E-state index contributed by atoms with van der Waals surface area (Å²) in [4.78, 5) is 26.5. The number of para-hydroxylation sites is 1. The fourth-order valence-corrected chi connectivity index (χ4v) is 3.32. The van der Waals surface area contributed by atoms with Crippen LogP contribution >= 0.6 is 0 Å². The van der Waals surface area contributed by atoms with Crippen LogP contribution in [-0.2, 0) is 17.9 Å². The summed E-state index contributed by atoms with van der Waals surface area (Å²) >= 11 is 0. The van der Waals surface area contributed by atoms with Gasteiger partial charge in [-0.25, -0.2) is 4.79 Å². The molecule has 0 radical (unpaired) electrons. The fraction of sp³-hybridized carbons (Fsp3) is 0.154. The molecule has 3 aromatic rings. The summed E-state index contributed by atoms with van der Waals surface area (Å²) in [6.07, 6.45) is 1.67. The van der Waals surface area contributed by atoms with Gasteiger partial charge in [-0.2, -0.15) is 0 Å². The maximum Gasteiger partial charge on any atom is 0.329 e. The van der Waals surface area contributed by atoms with Gasteiger partial charge in [-0.1, -0.05) is 77.9 Å². The van der Waals surface area contributed by atoms with Crippen molar-refractivity contribution in [3.05, 3.63) is 106 Å². The monoisotopic (exact) mass is 412 g/mol. The van der Waals surface area contributed by atoms with E-state index in [4.69, 9.17) is 4.74 Å². The highest BCUT2D eigenvalue weighted by Crippen LogP contribution is 2.24. The summed E-state index contributed by atoms with van der Waals surface area (Å²) < 4.78 is 5.99. The Morgan fingerprint density at radius 1 is 0.839 bits per heavy atom. The van der Waals surface area contributed by atoms with Gasteiger partial charge in [0.15, 0.2) is 0 Å². The first-order chi connectivity index (χ1) is 15.0. The van der Waals surface area contributed by atoms with Gasteiger partial charge in [0, 0.05) is 5.56 Å². The average Bonchev–Trinajstić information content (AvgIpc) is 3.03. The molecule has 31 heavy (non-hydrogen) atoms. The number of rotatable bonds is 6. The van der Waals surface area contributed by atoms with E-state index in [-0.39, 0.29) is 18.1 Å². The highest BCUT2D eigenvalue weighted by Gasteiger charge is 2.33.